The van der Waals surface area contributed by atoms with Gasteiger partial charge in [-0.3, -0.25) is 4.79 Å². The smallest absolute Gasteiger partial charge is 0.227 e. The van der Waals surface area contributed by atoms with Crippen LogP contribution in [0, 0.1) is 16.6 Å². The highest BCUT2D eigenvalue weighted by Crippen LogP contribution is 2.83. The van der Waals surface area contributed by atoms with Crippen LogP contribution in [-0.2, 0) is 4.79 Å². The highest BCUT2D eigenvalue weighted by molar-refractivity contribution is 6.32. The molecule has 0 N–H and O–H groups in total. The fourth-order valence-electron chi connectivity index (χ4n) is 5.95. The zero-order chi connectivity index (χ0) is 15.2. The van der Waals surface area contributed by atoms with Gasteiger partial charge in [0.25, 0.3) is 0 Å². The predicted octanol–water partition coefficient (Wildman–Crippen LogP) is 2.84. The van der Waals surface area contributed by atoms with Crippen molar-refractivity contribution in [1.82, 2.24) is 0 Å². The molecule has 0 aromatic heterocycles. The number of anilines is 1. The molecule has 1 heterocycles. The first-order valence-electron chi connectivity index (χ1n) is 8.42. The summed E-state index contributed by atoms with van der Waals surface area (Å²) < 4.78 is 14.5. The lowest BCUT2D eigenvalue weighted by molar-refractivity contribution is -0.117. The van der Waals surface area contributed by atoms with Gasteiger partial charge in [-0.25, -0.2) is 4.39 Å². The summed E-state index contributed by atoms with van der Waals surface area (Å²) in [5.74, 6) is -0.269. The first kappa shape index (κ1) is 13.2. The second-order valence-corrected chi connectivity index (χ2v) is 7.83. The van der Waals surface area contributed by atoms with Crippen LogP contribution in [0.5, 0.6) is 0 Å². The first-order chi connectivity index (χ1) is 10.5. The van der Waals surface area contributed by atoms with Gasteiger partial charge in [0.15, 0.2) is 0 Å². The van der Waals surface area contributed by atoms with E-state index in [1.54, 1.807) is 12.1 Å². The molecule has 3 spiro atoms. The van der Waals surface area contributed by atoms with Crippen LogP contribution in [0.3, 0.4) is 0 Å². The second-order valence-electron chi connectivity index (χ2n) is 7.83. The van der Waals surface area contributed by atoms with Gasteiger partial charge in [-0.1, -0.05) is 11.5 Å². The summed E-state index contributed by atoms with van der Waals surface area (Å²) in [6, 6.07) is 4.75. The summed E-state index contributed by atoms with van der Waals surface area (Å²) in [6.45, 7) is 0. The molecule has 0 bridgehead atoms. The lowest BCUT2D eigenvalue weighted by Gasteiger charge is -2.43. The minimum Gasteiger partial charge on any atom is -0.303 e. The summed E-state index contributed by atoms with van der Waals surface area (Å²) >= 11 is 0. The average molecular weight is 295 g/mol. The molecular formula is C18H19BFNO. The predicted molar refractivity (Wildman–Crippen MR) is 83.8 cm³/mol. The van der Waals surface area contributed by atoms with E-state index < -0.39 is 0 Å². The van der Waals surface area contributed by atoms with Gasteiger partial charge >= 0.3 is 0 Å². The number of carbonyl (C=O) groups is 1. The Labute approximate surface area is 131 Å². The Morgan fingerprint density at radius 3 is 2.41 bits per heavy atom. The lowest BCUT2D eigenvalue weighted by atomic mass is 9.75. The third-order valence-electron chi connectivity index (χ3n) is 7.17. The molecule has 4 fully saturated rings. The molecule has 1 amide bonds. The van der Waals surface area contributed by atoms with Crippen molar-refractivity contribution in [3.63, 3.8) is 0 Å². The standard InChI is InChI=1S/C18H19BFNO/c19-12-1-2-14(13(20)11-12)21-15(22)3-4-18(21)10-7-16(5-6-16)17(18)8-9-17/h1-2,11H,3-10H2. The van der Waals surface area contributed by atoms with E-state index in [2.05, 4.69) is 0 Å². The Hall–Kier alpha value is -1.32. The Bertz CT molecular complexity index is 694. The molecule has 3 saturated carbocycles. The van der Waals surface area contributed by atoms with Gasteiger partial charge in [0.05, 0.1) is 11.2 Å². The van der Waals surface area contributed by atoms with Gasteiger partial charge in [-0.05, 0) is 67.9 Å². The Morgan fingerprint density at radius 2 is 1.77 bits per heavy atom. The van der Waals surface area contributed by atoms with E-state index in [0.29, 0.717) is 23.0 Å². The minimum atomic E-state index is -0.359. The lowest BCUT2D eigenvalue weighted by Crippen LogP contribution is -2.51. The van der Waals surface area contributed by atoms with Crippen molar-refractivity contribution >= 4 is 24.9 Å². The number of carbonyl (C=O) groups excluding carboxylic acids is 1. The van der Waals surface area contributed by atoms with Gasteiger partial charge < -0.3 is 4.90 Å². The first-order valence-corrected chi connectivity index (χ1v) is 8.42. The monoisotopic (exact) mass is 295 g/mol. The van der Waals surface area contributed by atoms with Crippen molar-refractivity contribution in [2.75, 3.05) is 4.90 Å². The molecule has 4 heteroatoms. The quantitative estimate of drug-likeness (QED) is 0.730. The summed E-state index contributed by atoms with van der Waals surface area (Å²) in [7, 11) is 5.68. The van der Waals surface area contributed by atoms with Crippen molar-refractivity contribution in [1.29, 1.82) is 0 Å². The maximum Gasteiger partial charge on any atom is 0.227 e. The highest BCUT2D eigenvalue weighted by Gasteiger charge is 2.79. The van der Waals surface area contributed by atoms with Gasteiger partial charge in [-0.15, -0.1) is 0 Å². The molecule has 1 aliphatic heterocycles. The van der Waals surface area contributed by atoms with Crippen molar-refractivity contribution in [3.8, 4) is 0 Å². The van der Waals surface area contributed by atoms with Crippen LogP contribution in [-0.4, -0.2) is 19.3 Å². The van der Waals surface area contributed by atoms with E-state index in [1.807, 2.05) is 4.90 Å². The molecule has 2 radical (unpaired) electrons. The zero-order valence-corrected chi connectivity index (χ0v) is 12.7. The average Bonchev–Trinajstić information content (AvgIpc) is 3.36. The largest absolute Gasteiger partial charge is 0.303 e. The Morgan fingerprint density at radius 1 is 1.05 bits per heavy atom. The van der Waals surface area contributed by atoms with Crippen molar-refractivity contribution < 1.29 is 9.18 Å². The Kier molecular flexibility index (Phi) is 2.26. The van der Waals surface area contributed by atoms with Gasteiger partial charge in [0, 0.05) is 6.42 Å². The van der Waals surface area contributed by atoms with E-state index in [1.165, 1.54) is 38.2 Å². The maximum atomic E-state index is 14.5. The second kappa shape index (κ2) is 3.77. The fraction of sp³-hybridized carbons (Fsp3) is 0.611. The van der Waals surface area contributed by atoms with E-state index in [-0.39, 0.29) is 22.7 Å². The van der Waals surface area contributed by atoms with Crippen LogP contribution in [0.4, 0.5) is 10.1 Å². The molecule has 1 atom stereocenters. The van der Waals surface area contributed by atoms with E-state index >= 15 is 0 Å². The van der Waals surface area contributed by atoms with Crippen LogP contribution in [0.25, 0.3) is 0 Å². The normalized spacial score (nSPS) is 33.3. The molecule has 22 heavy (non-hydrogen) atoms. The molecule has 1 aromatic carbocycles. The molecule has 3 aliphatic carbocycles. The third-order valence-corrected chi connectivity index (χ3v) is 7.17. The van der Waals surface area contributed by atoms with Gasteiger partial charge in [-0.2, -0.15) is 0 Å². The molecule has 5 rings (SSSR count). The number of halogens is 1. The molecule has 2 nitrogen and oxygen atoms in total. The molecule has 1 unspecified atom stereocenters. The third kappa shape index (κ3) is 1.31. The maximum absolute atomic E-state index is 14.5. The summed E-state index contributed by atoms with van der Waals surface area (Å²) in [5.41, 5.74) is 1.48. The van der Waals surface area contributed by atoms with Crippen molar-refractivity contribution in [2.45, 2.75) is 56.9 Å². The Balaban J connectivity index is 1.66. The zero-order valence-electron chi connectivity index (χ0n) is 12.7. The van der Waals surface area contributed by atoms with Crippen LogP contribution in [0.1, 0.15) is 51.4 Å². The fourth-order valence-corrected chi connectivity index (χ4v) is 5.95. The van der Waals surface area contributed by atoms with Crippen LogP contribution in [0.2, 0.25) is 0 Å². The van der Waals surface area contributed by atoms with Crippen LogP contribution < -0.4 is 10.4 Å². The molecule has 1 aromatic rings. The molecular weight excluding hydrogens is 276 g/mol. The summed E-state index contributed by atoms with van der Waals surface area (Å²) in [4.78, 5) is 14.5. The summed E-state index contributed by atoms with van der Waals surface area (Å²) in [6.07, 6.45) is 8.76. The number of hydrogen-bond acceptors (Lipinski definition) is 1. The molecule has 1 saturated heterocycles. The van der Waals surface area contributed by atoms with Gasteiger partial charge in [0.1, 0.15) is 13.7 Å². The highest BCUT2D eigenvalue weighted by atomic mass is 19.1. The minimum absolute atomic E-state index is 0.0904. The van der Waals surface area contributed by atoms with Crippen molar-refractivity contribution in [3.05, 3.63) is 24.0 Å². The van der Waals surface area contributed by atoms with E-state index in [4.69, 9.17) is 7.85 Å². The van der Waals surface area contributed by atoms with Crippen LogP contribution in [0.15, 0.2) is 18.2 Å². The topological polar surface area (TPSA) is 20.3 Å². The summed E-state index contributed by atoms with van der Waals surface area (Å²) in [5, 5.41) is 0. The number of rotatable bonds is 1. The van der Waals surface area contributed by atoms with Crippen molar-refractivity contribution in [2.24, 2.45) is 10.8 Å². The number of benzene rings is 1. The number of amides is 1. The van der Waals surface area contributed by atoms with Gasteiger partial charge in [0.2, 0.25) is 5.91 Å². The molecule has 112 valence electrons. The number of hydrogen-bond donors (Lipinski definition) is 0. The van der Waals surface area contributed by atoms with E-state index in [9.17, 15) is 9.18 Å². The van der Waals surface area contributed by atoms with Crippen LogP contribution >= 0.6 is 0 Å². The van der Waals surface area contributed by atoms with E-state index in [0.717, 1.165) is 12.8 Å². The SMILES string of the molecule is [B]c1ccc(N2C(=O)CCC23CCC2(CC2)C32CC2)c(F)c1. The number of nitrogens with zero attached hydrogens (tertiary/aromatic N) is 1. The molecule has 4 aliphatic rings. The number of fused-ring (bicyclic) bond motifs is 2.